The smallest absolute Gasteiger partial charge is 0.328 e. The number of aryl methyl sites for hydroxylation is 1. The molecule has 1 heterocycles. The van der Waals surface area contributed by atoms with Crippen LogP contribution in [-0.4, -0.2) is 30.4 Å². The summed E-state index contributed by atoms with van der Waals surface area (Å²) in [5.74, 6) is 0.476. The average molecular weight is 568 g/mol. The van der Waals surface area contributed by atoms with Crippen molar-refractivity contribution in [1.29, 1.82) is 5.26 Å². The third-order valence-electron chi connectivity index (χ3n) is 7.95. The summed E-state index contributed by atoms with van der Waals surface area (Å²) in [5, 5.41) is 10.00. The lowest BCUT2D eigenvalue weighted by Crippen LogP contribution is -2.41. The molecule has 0 radical (unpaired) electrons. The largest absolute Gasteiger partial charge is 0.497 e. The van der Waals surface area contributed by atoms with Crippen LogP contribution in [0, 0.1) is 36.0 Å². The molecule has 3 atom stereocenters. The highest BCUT2D eigenvalue weighted by Crippen LogP contribution is 2.42. The number of hydrogen-bond donors (Lipinski definition) is 1. The van der Waals surface area contributed by atoms with Crippen LogP contribution in [0.1, 0.15) is 36.1 Å². The van der Waals surface area contributed by atoms with Crippen molar-refractivity contribution in [3.8, 4) is 17.6 Å². The number of H-pyrrole nitrogens is 1. The van der Waals surface area contributed by atoms with Crippen LogP contribution in [0.15, 0.2) is 94.6 Å². The van der Waals surface area contributed by atoms with E-state index in [0.29, 0.717) is 17.1 Å². The first-order valence-electron chi connectivity index (χ1n) is 13.9. The molecule has 42 heavy (non-hydrogen) atoms. The Bertz CT molecular complexity index is 1570. The molecule has 0 amide bonds. The van der Waals surface area contributed by atoms with Crippen molar-refractivity contribution < 1.29 is 14.2 Å². The first-order chi connectivity index (χ1) is 20.2. The van der Waals surface area contributed by atoms with E-state index in [9.17, 15) is 14.9 Å². The lowest BCUT2D eigenvalue weighted by molar-refractivity contribution is -0.0268. The second-order valence-electron chi connectivity index (χ2n) is 10.6. The van der Waals surface area contributed by atoms with Gasteiger partial charge in [-0.25, -0.2) is 4.79 Å². The van der Waals surface area contributed by atoms with Crippen LogP contribution in [0.5, 0.6) is 11.5 Å². The highest BCUT2D eigenvalue weighted by atomic mass is 16.5. The lowest BCUT2D eigenvalue weighted by Gasteiger charge is -2.38. The van der Waals surface area contributed by atoms with Crippen molar-refractivity contribution in [3.05, 3.63) is 128 Å². The molecule has 218 valence electrons. The van der Waals surface area contributed by atoms with Gasteiger partial charge in [0.15, 0.2) is 0 Å². The minimum absolute atomic E-state index is 0.152. The van der Waals surface area contributed by atoms with Crippen molar-refractivity contribution in [2.45, 2.75) is 32.9 Å². The summed E-state index contributed by atoms with van der Waals surface area (Å²) >= 11 is 0. The number of aromatic amines is 1. The first kappa shape index (κ1) is 30.4. The van der Waals surface area contributed by atoms with Gasteiger partial charge in [-0.1, -0.05) is 61.5 Å². The quantitative estimate of drug-likeness (QED) is 0.234. The number of rotatable bonds is 12. The fraction of sp³-hybridized carbons (Fsp3) is 0.324. The molecule has 2 unspecified atom stereocenters. The van der Waals surface area contributed by atoms with Crippen LogP contribution in [0.3, 0.4) is 0 Å². The Morgan fingerprint density at radius 1 is 0.857 bits per heavy atom. The second-order valence-corrected chi connectivity index (χ2v) is 10.6. The number of methoxy groups -OCH3 is 2. The first-order valence-corrected chi connectivity index (χ1v) is 13.9. The van der Waals surface area contributed by atoms with E-state index in [0.717, 1.165) is 16.7 Å². The maximum absolute atomic E-state index is 12.8. The topological polar surface area (TPSA) is 106 Å². The number of aromatic nitrogens is 2. The van der Waals surface area contributed by atoms with E-state index in [1.54, 1.807) is 21.1 Å². The number of hydrogen-bond acceptors (Lipinski definition) is 6. The molecule has 4 aromatic rings. The Kier molecular flexibility index (Phi) is 9.66. The molecule has 0 saturated heterocycles. The third kappa shape index (κ3) is 6.17. The molecule has 0 aliphatic carbocycles. The Hall–Kier alpha value is -4.61. The number of nitrogens with zero attached hydrogens (tertiary/aromatic N) is 2. The zero-order valence-corrected chi connectivity index (χ0v) is 24.7. The van der Waals surface area contributed by atoms with Crippen molar-refractivity contribution in [2.75, 3.05) is 20.8 Å². The molecular formula is C34H37N3O5. The van der Waals surface area contributed by atoms with Gasteiger partial charge in [0.25, 0.3) is 5.56 Å². The summed E-state index contributed by atoms with van der Waals surface area (Å²) in [5.41, 5.74) is 1.24. The van der Waals surface area contributed by atoms with Gasteiger partial charge in [-0.2, -0.15) is 5.26 Å². The molecule has 8 heteroatoms. The molecular weight excluding hydrogens is 530 g/mol. The highest BCUT2D eigenvalue weighted by molar-refractivity contribution is 5.49. The minimum atomic E-state index is -1.05. The van der Waals surface area contributed by atoms with Crippen LogP contribution >= 0.6 is 0 Å². The van der Waals surface area contributed by atoms with Crippen molar-refractivity contribution in [1.82, 2.24) is 9.55 Å². The van der Waals surface area contributed by atoms with Crippen LogP contribution in [0.25, 0.3) is 0 Å². The van der Waals surface area contributed by atoms with Crippen LogP contribution in [0.2, 0.25) is 0 Å². The zero-order chi connectivity index (χ0) is 30.3. The zero-order valence-electron chi connectivity index (χ0n) is 24.7. The summed E-state index contributed by atoms with van der Waals surface area (Å²) in [6.45, 7) is 5.79. The van der Waals surface area contributed by atoms with Gasteiger partial charge in [0.05, 0.1) is 26.9 Å². The van der Waals surface area contributed by atoms with Gasteiger partial charge in [-0.05, 0) is 60.7 Å². The Labute approximate surface area is 246 Å². The molecule has 0 aliphatic heterocycles. The van der Waals surface area contributed by atoms with E-state index < -0.39 is 17.2 Å². The van der Waals surface area contributed by atoms with Gasteiger partial charge in [0, 0.05) is 30.1 Å². The Morgan fingerprint density at radius 3 is 1.88 bits per heavy atom. The average Bonchev–Trinajstić information content (AvgIpc) is 3.03. The Balaban J connectivity index is 1.82. The molecule has 0 fully saturated rings. The summed E-state index contributed by atoms with van der Waals surface area (Å²) < 4.78 is 19.1. The molecule has 1 N–H and O–H groups in total. The van der Waals surface area contributed by atoms with Crippen LogP contribution < -0.4 is 20.7 Å². The summed E-state index contributed by atoms with van der Waals surface area (Å²) in [4.78, 5) is 28.0. The maximum Gasteiger partial charge on any atom is 0.328 e. The third-order valence-corrected chi connectivity index (χ3v) is 7.95. The predicted octanol–water partition coefficient (Wildman–Crippen LogP) is 5.28. The van der Waals surface area contributed by atoms with Crippen molar-refractivity contribution in [3.63, 3.8) is 0 Å². The number of ether oxygens (including phenoxy) is 3. The van der Waals surface area contributed by atoms with E-state index in [-0.39, 0.29) is 30.5 Å². The summed E-state index contributed by atoms with van der Waals surface area (Å²) in [6.07, 6.45) is 1.42. The predicted molar refractivity (Wildman–Crippen MR) is 162 cm³/mol. The van der Waals surface area contributed by atoms with Gasteiger partial charge in [-0.15, -0.1) is 0 Å². The fourth-order valence-electron chi connectivity index (χ4n) is 5.40. The van der Waals surface area contributed by atoms with E-state index >= 15 is 0 Å². The summed E-state index contributed by atoms with van der Waals surface area (Å²) in [7, 11) is 3.25. The number of nitrogens with one attached hydrogen (secondary N) is 1. The fourth-order valence-corrected chi connectivity index (χ4v) is 5.40. The van der Waals surface area contributed by atoms with E-state index in [2.05, 4.69) is 11.1 Å². The van der Waals surface area contributed by atoms with Gasteiger partial charge in [0.1, 0.15) is 17.1 Å². The molecule has 8 nitrogen and oxygen atoms in total. The van der Waals surface area contributed by atoms with Gasteiger partial charge in [0.2, 0.25) is 0 Å². The monoisotopic (exact) mass is 567 g/mol. The lowest BCUT2D eigenvalue weighted by atomic mass is 9.79. The molecule has 4 rings (SSSR count). The number of benzene rings is 3. The molecule has 0 aliphatic rings. The minimum Gasteiger partial charge on any atom is -0.497 e. The number of nitriles is 1. The van der Waals surface area contributed by atoms with E-state index in [4.69, 9.17) is 14.2 Å². The second kappa shape index (κ2) is 13.4. The van der Waals surface area contributed by atoms with Gasteiger partial charge in [-0.3, -0.25) is 9.36 Å². The van der Waals surface area contributed by atoms with E-state index in [1.807, 2.05) is 92.7 Å². The molecule has 0 saturated carbocycles. The van der Waals surface area contributed by atoms with Crippen molar-refractivity contribution in [2.24, 2.45) is 17.8 Å². The van der Waals surface area contributed by atoms with Gasteiger partial charge < -0.3 is 19.2 Å². The molecule has 1 aromatic heterocycles. The molecule has 3 aromatic carbocycles. The Morgan fingerprint density at radius 2 is 1.38 bits per heavy atom. The van der Waals surface area contributed by atoms with Gasteiger partial charge >= 0.3 is 5.69 Å². The highest BCUT2D eigenvalue weighted by Gasteiger charge is 2.39. The van der Waals surface area contributed by atoms with Crippen molar-refractivity contribution >= 4 is 0 Å². The normalized spacial score (nSPS) is 13.5. The standard InChI is InChI=1S/C34H37N3O5/c1-23(19-35)31(25(3)21-37-32(38)24(2)20-36-33(37)39)22-42-34(26-9-7-6-8-10-26,27-11-15-29(40-4)16-12-27)28-13-17-30(41-5)18-14-28/h6-18,20,23,25,31H,21-22H2,1-5H3,(H,36,39)/t23-,25?,31?/m1/s1. The maximum atomic E-state index is 12.8. The van der Waals surface area contributed by atoms with Crippen LogP contribution in [-0.2, 0) is 16.9 Å². The van der Waals surface area contributed by atoms with Crippen LogP contribution in [0.4, 0.5) is 0 Å². The SMILES string of the molecule is COc1ccc(C(OCC(C(C)Cn2c(=O)[nH]cc(C)c2=O)[C@H](C)C#N)(c2ccccc2)c2ccc(OC)cc2)cc1. The molecule has 0 spiro atoms. The summed E-state index contributed by atoms with van der Waals surface area (Å²) in [6, 6.07) is 27.8. The molecule has 0 bridgehead atoms. The van der Waals surface area contributed by atoms with E-state index in [1.165, 1.54) is 10.8 Å².